The number of rotatable bonds is 16. The summed E-state index contributed by atoms with van der Waals surface area (Å²) in [5.74, 6) is -2.44. The van der Waals surface area contributed by atoms with E-state index in [0.29, 0.717) is 72.7 Å². The fourth-order valence-corrected chi connectivity index (χ4v) is 20.5. The molecule has 8 aliphatic heterocycles. The summed E-state index contributed by atoms with van der Waals surface area (Å²) < 4.78 is 94.5. The maximum atomic E-state index is 14.3. The topological polar surface area (TPSA) is 51.8 Å². The summed E-state index contributed by atoms with van der Waals surface area (Å²) in [5.41, 5.74) is 31.6. The molecule has 0 saturated heterocycles. The summed E-state index contributed by atoms with van der Waals surface area (Å²) in [6, 6.07) is 84.4. The van der Waals surface area contributed by atoms with Gasteiger partial charge in [-0.15, -0.1) is 0 Å². The maximum Gasteiger partial charge on any atom is 0.131 e. The van der Waals surface area contributed by atoms with Crippen LogP contribution in [-0.4, -0.2) is 135 Å². The minimum Gasteiger partial charge on any atom is -0.359 e. The molecule has 0 aromatic heterocycles. The van der Waals surface area contributed by atoms with Gasteiger partial charge in [-0.1, -0.05) is 151 Å². The first-order valence-corrected chi connectivity index (χ1v) is 51.8. The molecule has 8 aliphatic rings. The van der Waals surface area contributed by atoms with Crippen molar-refractivity contribution in [2.24, 2.45) is 0 Å². The molecule has 0 bridgehead atoms. The van der Waals surface area contributed by atoms with E-state index in [2.05, 4.69) is 376 Å². The van der Waals surface area contributed by atoms with E-state index < -0.39 is 23.3 Å². The second-order valence-electron chi connectivity index (χ2n) is 40.9. The number of halogens is 7. The molecule has 0 fully saturated rings. The van der Waals surface area contributed by atoms with Crippen LogP contribution in [0.5, 0.6) is 0 Å². The highest BCUT2D eigenvalue weighted by Crippen LogP contribution is 2.46. The number of hydrogen-bond donors (Lipinski definition) is 0. The first kappa shape index (κ1) is 110. The standard InChI is InChI=1S/C18H21FN2.C18H22N2.C17H18F2N2.C17H19FN2.C17H20N2.C13H16F2N2.C13H17FN2.C13H18N2/c1-12-9-13(2)15(16(19)10-12)11-21-14(3)20(4)17-7-5-6-8-18(17)21;1-13-9-10-16(14(2)11-13)12-20-15(3)19(4)17-7-5-6-8-18(17)20;1-11-8-13(18)9-15(19)14(11)10-21-12(2)20(3)16-6-4-5-7-17(16)21;1-12-10-15(18)9-8-14(12)11-20-13(2)19(3)16-6-4-5-7-17(16)20;1-13-8-4-5-9-15(13)12-19-14(2)18(3)16-10-6-7-11-17(16)19;1-9-6-11(14)7-13(15)12(9)8-17-5-4-16(3)10(17)2;1-10-8-13(14)5-4-12(10)9-16-7-6-15(3)11(16)2;1-11-6-4-5-7-13(11)10-15-9-8-14(3)12(15)2/h5-10,14H,11H2,1-4H3;5-11,15H,12H2,1-4H3;4-9,12H,10H2,1-3H3;4-10,13H,11H2,1-3H3;4-11,14H,12H2,1-3H3;4-7,10H,8H2,1-3H3;4-8,11H,9H2,1-3H3;4-9,12H,10H2,1-3H3. The van der Waals surface area contributed by atoms with Crippen LogP contribution >= 0.6 is 0 Å². The van der Waals surface area contributed by atoms with Gasteiger partial charge in [0.1, 0.15) is 40.7 Å². The highest BCUT2D eigenvalue weighted by atomic mass is 19.2. The predicted octanol–water partition coefficient (Wildman–Crippen LogP) is 28.3. The molecule has 8 unspecified atom stereocenters. The number of fused-ring (bicyclic) bond motifs is 5. The lowest BCUT2D eigenvalue weighted by Crippen LogP contribution is -2.38. The molecule has 8 heterocycles. The van der Waals surface area contributed by atoms with Crippen LogP contribution in [-0.2, 0) is 52.4 Å². The van der Waals surface area contributed by atoms with Gasteiger partial charge >= 0.3 is 0 Å². The summed E-state index contributed by atoms with van der Waals surface area (Å²) in [6.45, 7) is 43.4. The van der Waals surface area contributed by atoms with Crippen LogP contribution in [0.2, 0.25) is 0 Å². The normalized spacial score (nSPS) is 18.2. The van der Waals surface area contributed by atoms with Crippen molar-refractivity contribution in [1.29, 1.82) is 0 Å². The lowest BCUT2D eigenvalue weighted by atomic mass is 10.0. The quantitative estimate of drug-likeness (QED) is 0.0862. The Labute approximate surface area is 882 Å². The third-order valence-electron chi connectivity index (χ3n) is 31.3. The number of hydrogen-bond acceptors (Lipinski definition) is 16. The zero-order chi connectivity index (χ0) is 107. The van der Waals surface area contributed by atoms with Crippen molar-refractivity contribution in [1.82, 2.24) is 29.4 Å². The van der Waals surface area contributed by atoms with Gasteiger partial charge in [-0.2, -0.15) is 0 Å². The summed E-state index contributed by atoms with van der Waals surface area (Å²) in [6.07, 6.45) is 14.8. The van der Waals surface area contributed by atoms with Gasteiger partial charge in [-0.05, 0) is 306 Å². The predicted molar refractivity (Wildman–Crippen MR) is 607 cm³/mol. The minimum absolute atomic E-state index is 0.105. The van der Waals surface area contributed by atoms with E-state index >= 15 is 0 Å². The summed E-state index contributed by atoms with van der Waals surface area (Å²) in [5, 5.41) is 0. The molecule has 149 heavy (non-hydrogen) atoms. The van der Waals surface area contributed by atoms with Crippen LogP contribution in [0, 0.1) is 110 Å². The van der Waals surface area contributed by atoms with Gasteiger partial charge in [-0.25, -0.2) is 30.7 Å². The van der Waals surface area contributed by atoms with Crippen LogP contribution in [0.1, 0.15) is 156 Å². The van der Waals surface area contributed by atoms with E-state index in [4.69, 9.17) is 0 Å². The Morgan fingerprint density at radius 2 is 0.423 bits per heavy atom. The summed E-state index contributed by atoms with van der Waals surface area (Å²) in [4.78, 5) is 36.1. The van der Waals surface area contributed by atoms with Crippen molar-refractivity contribution in [2.45, 2.75) is 226 Å². The van der Waals surface area contributed by atoms with Crippen molar-refractivity contribution in [3.05, 3.63) is 439 Å². The molecule has 8 atom stereocenters. The largest absolute Gasteiger partial charge is 0.359 e. The molecule has 0 radical (unpaired) electrons. The first-order valence-electron chi connectivity index (χ1n) is 51.8. The molecule has 0 amide bonds. The molecule has 0 N–H and O–H groups in total. The van der Waals surface area contributed by atoms with Crippen molar-refractivity contribution < 1.29 is 30.7 Å². The van der Waals surface area contributed by atoms with E-state index in [1.165, 1.54) is 114 Å². The maximum absolute atomic E-state index is 14.3. The second-order valence-corrected chi connectivity index (χ2v) is 40.9. The molecule has 784 valence electrons. The molecule has 21 rings (SSSR count). The third-order valence-corrected chi connectivity index (χ3v) is 31.3. The SMILES string of the molecule is Cc1cc(C)c(CN2c3ccccc3N(C)C2C)c(F)c1.Cc1cc(F)cc(F)c1CN1C=CN(C)C1C.Cc1cc(F)cc(F)c1CN1c2ccccc2N(C)C1C.Cc1cc(F)ccc1CN1C=CN(C)C1C.Cc1cc(F)ccc1CN1c2ccccc2N(C)C1C.Cc1ccc(CN2c3ccccc3N(C)C2C)c(C)c1.Cc1ccccc1CN1C=CN(C)C1C.Cc1ccccc1CN1c2ccccc2N(C)C1C. The highest BCUT2D eigenvalue weighted by molar-refractivity contribution is 5.81. The summed E-state index contributed by atoms with van der Waals surface area (Å²) >= 11 is 0. The van der Waals surface area contributed by atoms with Crippen molar-refractivity contribution in [2.75, 3.05) is 105 Å². The Morgan fingerprint density at radius 1 is 0.188 bits per heavy atom. The Kier molecular flexibility index (Phi) is 35.9. The van der Waals surface area contributed by atoms with E-state index in [0.717, 1.165) is 84.0 Å². The van der Waals surface area contributed by atoms with Gasteiger partial charge in [0.25, 0.3) is 0 Å². The van der Waals surface area contributed by atoms with E-state index in [1.54, 1.807) is 38.1 Å². The molecule has 0 aliphatic carbocycles. The third kappa shape index (κ3) is 25.5. The average molecular weight is 2020 g/mol. The van der Waals surface area contributed by atoms with E-state index in [-0.39, 0.29) is 35.9 Å². The Bertz CT molecular complexity index is 6580. The molecule has 13 aromatic rings. The van der Waals surface area contributed by atoms with Crippen LogP contribution in [0.15, 0.2) is 298 Å². The highest BCUT2D eigenvalue weighted by Gasteiger charge is 2.37. The van der Waals surface area contributed by atoms with Gasteiger partial charge in [0, 0.05) is 175 Å². The zero-order valence-electron chi connectivity index (χ0n) is 91.9. The van der Waals surface area contributed by atoms with Gasteiger partial charge in [0.2, 0.25) is 0 Å². The molecule has 0 saturated carbocycles. The van der Waals surface area contributed by atoms with Crippen LogP contribution in [0.25, 0.3) is 0 Å². The number of benzene rings is 13. The Balaban J connectivity index is 0.000000135. The molecule has 23 heteroatoms. The van der Waals surface area contributed by atoms with Gasteiger partial charge in [0.05, 0.1) is 106 Å². The number of aryl methyl sites for hydroxylation is 10. The first-order chi connectivity index (χ1) is 71.0. The minimum atomic E-state index is -0.527. The zero-order valence-corrected chi connectivity index (χ0v) is 91.9. The molecule has 0 spiro atoms. The lowest BCUT2D eigenvalue weighted by molar-refractivity contribution is 0.187. The van der Waals surface area contributed by atoms with E-state index in [1.807, 2.05) is 113 Å². The second kappa shape index (κ2) is 48.6. The van der Waals surface area contributed by atoms with Gasteiger partial charge in [0.15, 0.2) is 0 Å². The molecule has 16 nitrogen and oxygen atoms in total. The summed E-state index contributed by atoms with van der Waals surface area (Å²) in [7, 11) is 16.7. The fourth-order valence-electron chi connectivity index (χ4n) is 20.5. The Morgan fingerprint density at radius 3 is 0.711 bits per heavy atom. The van der Waals surface area contributed by atoms with Crippen molar-refractivity contribution in [3.63, 3.8) is 0 Å². The van der Waals surface area contributed by atoms with Gasteiger partial charge in [-0.3, -0.25) is 0 Å². The van der Waals surface area contributed by atoms with Crippen LogP contribution < -0.4 is 49.0 Å². The van der Waals surface area contributed by atoms with Crippen LogP contribution in [0.3, 0.4) is 0 Å². The number of nitrogens with zero attached hydrogens (tertiary/aromatic N) is 16. The Hall–Kier alpha value is -14.6. The fraction of sp³-hybridized carbons (Fsp3) is 0.333. The molecule has 13 aromatic carbocycles. The lowest BCUT2D eigenvalue weighted by Gasteiger charge is -2.28. The van der Waals surface area contributed by atoms with E-state index in [9.17, 15) is 30.7 Å². The molecular formula is C126H151F7N16. The smallest absolute Gasteiger partial charge is 0.131 e. The van der Waals surface area contributed by atoms with Crippen molar-refractivity contribution >= 4 is 56.9 Å². The molecular weight excluding hydrogens is 1870 g/mol. The average Bonchev–Trinajstić information content (AvgIpc) is 1.56. The number of anilines is 10. The van der Waals surface area contributed by atoms with Crippen LogP contribution in [0.4, 0.5) is 87.6 Å². The monoisotopic (exact) mass is 2020 g/mol. The van der Waals surface area contributed by atoms with Crippen molar-refractivity contribution in [3.8, 4) is 0 Å². The number of para-hydroxylation sites is 10. The van der Waals surface area contributed by atoms with Gasteiger partial charge < -0.3 is 78.4 Å².